The quantitative estimate of drug-likeness (QED) is 0.853. The third kappa shape index (κ3) is 4.03. The normalized spacial score (nSPS) is 22.2. The maximum atomic E-state index is 12.6. The molecular weight excluding hydrogens is 340 g/mol. The van der Waals surface area contributed by atoms with Crippen LogP contribution in [-0.2, 0) is 0 Å². The van der Waals surface area contributed by atoms with Gasteiger partial charge in [-0.2, -0.15) is 0 Å². The minimum absolute atomic E-state index is 0.000363. The van der Waals surface area contributed by atoms with Gasteiger partial charge in [-0.1, -0.05) is 27.7 Å². The highest BCUT2D eigenvalue weighted by Gasteiger charge is 2.53. The predicted molar refractivity (Wildman–Crippen MR) is 106 cm³/mol. The number of amides is 2. The Labute approximate surface area is 162 Å². The Morgan fingerprint density at radius 2 is 1.56 bits per heavy atom. The topological polar surface area (TPSA) is 69.6 Å². The Hall–Kier alpha value is -1.88. The number of likely N-dealkylation sites (tertiary alicyclic amines) is 1. The molecule has 0 aromatic heterocycles. The fourth-order valence-electron chi connectivity index (χ4n) is 5.18. The molecule has 2 amide bonds. The number of hydrogen-bond acceptors (Lipinski definition) is 3. The van der Waals surface area contributed by atoms with Crippen molar-refractivity contribution in [3.05, 3.63) is 35.4 Å². The minimum Gasteiger partial charge on any atom is -0.396 e. The van der Waals surface area contributed by atoms with Crippen LogP contribution in [0.25, 0.3) is 0 Å². The Morgan fingerprint density at radius 3 is 2.04 bits per heavy atom. The molecule has 148 valence electrons. The average Bonchev–Trinajstić information content (AvgIpc) is 2.64. The van der Waals surface area contributed by atoms with Gasteiger partial charge in [0.15, 0.2) is 0 Å². The first-order valence-electron chi connectivity index (χ1n) is 9.95. The molecule has 0 unspecified atom stereocenters. The van der Waals surface area contributed by atoms with Crippen molar-refractivity contribution in [2.45, 2.75) is 53.0 Å². The molecule has 1 aromatic carbocycles. The van der Waals surface area contributed by atoms with Crippen molar-refractivity contribution in [2.24, 2.45) is 16.7 Å². The second kappa shape index (κ2) is 7.27. The lowest BCUT2D eigenvalue weighted by atomic mass is 9.52. The van der Waals surface area contributed by atoms with E-state index in [1.807, 2.05) is 4.90 Å². The smallest absolute Gasteiger partial charge is 0.253 e. The van der Waals surface area contributed by atoms with Gasteiger partial charge in [0, 0.05) is 36.9 Å². The van der Waals surface area contributed by atoms with Gasteiger partial charge < -0.3 is 15.3 Å². The maximum Gasteiger partial charge on any atom is 0.253 e. The van der Waals surface area contributed by atoms with E-state index in [9.17, 15) is 14.7 Å². The van der Waals surface area contributed by atoms with Crippen LogP contribution < -0.4 is 5.32 Å². The lowest BCUT2D eigenvalue weighted by Gasteiger charge is -2.57. The maximum absolute atomic E-state index is 12.6. The molecule has 2 aliphatic rings. The summed E-state index contributed by atoms with van der Waals surface area (Å²) in [4.78, 5) is 27.1. The van der Waals surface area contributed by atoms with E-state index in [0.717, 1.165) is 19.3 Å². The molecule has 1 aliphatic heterocycles. The first kappa shape index (κ1) is 19.9. The van der Waals surface area contributed by atoms with Gasteiger partial charge in [-0.05, 0) is 60.3 Å². The standard InChI is InChI=1S/C22H32N2O3/c1-21(2)14-22(3,4)20(21)23-18(26)16-5-7-17(8-6-16)19(27)24-11-9-15(13-25)10-12-24/h5-8,15,20,25H,9-14H2,1-4H3,(H,23,26). The van der Waals surface area contributed by atoms with Gasteiger partial charge in [0.1, 0.15) is 0 Å². The largest absolute Gasteiger partial charge is 0.396 e. The van der Waals surface area contributed by atoms with E-state index >= 15 is 0 Å². The number of aliphatic hydroxyl groups excluding tert-OH is 1. The predicted octanol–water partition coefficient (Wildman–Crippen LogP) is 3.09. The van der Waals surface area contributed by atoms with Crippen LogP contribution in [0.3, 0.4) is 0 Å². The molecular formula is C22H32N2O3. The second-order valence-corrected chi connectivity index (χ2v) is 9.56. The fraction of sp³-hybridized carbons (Fsp3) is 0.636. The molecule has 2 fully saturated rings. The first-order valence-corrected chi connectivity index (χ1v) is 9.95. The van der Waals surface area contributed by atoms with Gasteiger partial charge in [0.05, 0.1) is 0 Å². The van der Waals surface area contributed by atoms with E-state index in [2.05, 4.69) is 33.0 Å². The molecule has 0 atom stereocenters. The molecule has 1 saturated heterocycles. The van der Waals surface area contributed by atoms with Crippen molar-refractivity contribution >= 4 is 11.8 Å². The van der Waals surface area contributed by atoms with Gasteiger partial charge in [-0.25, -0.2) is 0 Å². The van der Waals surface area contributed by atoms with Gasteiger partial charge in [0.25, 0.3) is 11.8 Å². The zero-order chi connectivity index (χ0) is 19.8. The van der Waals surface area contributed by atoms with Crippen molar-refractivity contribution in [2.75, 3.05) is 19.7 Å². The minimum atomic E-state index is -0.0800. The Kier molecular flexibility index (Phi) is 5.35. The van der Waals surface area contributed by atoms with E-state index < -0.39 is 0 Å². The number of hydrogen-bond donors (Lipinski definition) is 2. The summed E-state index contributed by atoms with van der Waals surface area (Å²) in [5.41, 5.74) is 1.41. The molecule has 1 aliphatic carbocycles. The Morgan fingerprint density at radius 1 is 1.04 bits per heavy atom. The highest BCUT2D eigenvalue weighted by Crippen LogP contribution is 2.53. The van der Waals surface area contributed by atoms with Crippen molar-refractivity contribution in [3.63, 3.8) is 0 Å². The Bertz CT molecular complexity index is 687. The third-order valence-electron chi connectivity index (χ3n) is 6.30. The van der Waals surface area contributed by atoms with Crippen molar-refractivity contribution in [3.8, 4) is 0 Å². The van der Waals surface area contributed by atoms with Gasteiger partial charge in [-0.15, -0.1) is 0 Å². The molecule has 0 bridgehead atoms. The number of carbonyl (C=O) groups excluding carboxylic acids is 2. The molecule has 2 N–H and O–H groups in total. The highest BCUT2D eigenvalue weighted by molar-refractivity contribution is 5.98. The monoisotopic (exact) mass is 372 g/mol. The van der Waals surface area contributed by atoms with Crippen LogP contribution in [0.15, 0.2) is 24.3 Å². The number of nitrogens with one attached hydrogen (secondary N) is 1. The van der Waals surface area contributed by atoms with Crippen molar-refractivity contribution in [1.82, 2.24) is 10.2 Å². The lowest BCUT2D eigenvalue weighted by Crippen LogP contribution is -2.63. The van der Waals surface area contributed by atoms with Gasteiger partial charge in [0.2, 0.25) is 0 Å². The van der Waals surface area contributed by atoms with Gasteiger partial charge >= 0.3 is 0 Å². The number of carbonyl (C=O) groups is 2. The number of nitrogens with zero attached hydrogens (tertiary/aromatic N) is 1. The summed E-state index contributed by atoms with van der Waals surface area (Å²) in [6.45, 7) is 10.3. The molecule has 1 saturated carbocycles. The molecule has 27 heavy (non-hydrogen) atoms. The number of piperidine rings is 1. The zero-order valence-corrected chi connectivity index (χ0v) is 16.9. The fourth-order valence-corrected chi connectivity index (χ4v) is 5.18. The summed E-state index contributed by atoms with van der Waals surface area (Å²) < 4.78 is 0. The summed E-state index contributed by atoms with van der Waals surface area (Å²) >= 11 is 0. The van der Waals surface area contributed by atoms with E-state index in [4.69, 9.17) is 0 Å². The average molecular weight is 373 g/mol. The second-order valence-electron chi connectivity index (χ2n) is 9.56. The van der Waals surface area contributed by atoms with Crippen LogP contribution in [0.4, 0.5) is 0 Å². The number of aliphatic hydroxyl groups is 1. The van der Waals surface area contributed by atoms with Crippen LogP contribution in [0.1, 0.15) is 67.7 Å². The molecule has 5 nitrogen and oxygen atoms in total. The Balaban J connectivity index is 1.62. The number of benzene rings is 1. The van der Waals surface area contributed by atoms with E-state index in [1.54, 1.807) is 24.3 Å². The lowest BCUT2D eigenvalue weighted by molar-refractivity contribution is -0.0366. The number of rotatable bonds is 4. The summed E-state index contributed by atoms with van der Waals surface area (Å²) in [6.07, 6.45) is 2.77. The molecule has 3 rings (SSSR count). The molecule has 0 radical (unpaired) electrons. The van der Waals surface area contributed by atoms with E-state index in [0.29, 0.717) is 30.1 Å². The molecule has 1 heterocycles. The molecule has 1 aromatic rings. The van der Waals surface area contributed by atoms with Crippen LogP contribution >= 0.6 is 0 Å². The van der Waals surface area contributed by atoms with Crippen molar-refractivity contribution < 1.29 is 14.7 Å². The van der Waals surface area contributed by atoms with E-state index in [-0.39, 0.29) is 35.3 Å². The zero-order valence-electron chi connectivity index (χ0n) is 16.9. The summed E-state index contributed by atoms with van der Waals surface area (Å²) in [6, 6.07) is 7.11. The van der Waals surface area contributed by atoms with E-state index in [1.165, 1.54) is 0 Å². The van der Waals surface area contributed by atoms with Gasteiger partial charge in [-0.3, -0.25) is 9.59 Å². The molecule has 5 heteroatoms. The van der Waals surface area contributed by atoms with Crippen LogP contribution in [0, 0.1) is 16.7 Å². The summed E-state index contributed by atoms with van der Waals surface area (Å²) in [5.74, 6) is 0.225. The summed E-state index contributed by atoms with van der Waals surface area (Å²) in [5, 5.41) is 12.4. The van der Waals surface area contributed by atoms with Crippen LogP contribution in [0.2, 0.25) is 0 Å². The first-order chi connectivity index (χ1) is 12.6. The van der Waals surface area contributed by atoms with Crippen LogP contribution in [0.5, 0.6) is 0 Å². The van der Waals surface area contributed by atoms with Crippen LogP contribution in [-0.4, -0.2) is 47.6 Å². The van der Waals surface area contributed by atoms with Crippen molar-refractivity contribution in [1.29, 1.82) is 0 Å². The summed E-state index contributed by atoms with van der Waals surface area (Å²) in [7, 11) is 0. The SMILES string of the molecule is CC1(C)CC(C)(C)C1NC(=O)c1ccc(C(=O)N2CCC(CO)CC2)cc1. The third-order valence-corrected chi connectivity index (χ3v) is 6.30. The molecule has 0 spiro atoms. The highest BCUT2D eigenvalue weighted by atomic mass is 16.3.